The summed E-state index contributed by atoms with van der Waals surface area (Å²) in [5.74, 6) is 0.324. The molecule has 0 bridgehead atoms. The van der Waals surface area contributed by atoms with E-state index in [1.165, 1.54) is 0 Å². The molecule has 0 saturated carbocycles. The molecule has 0 saturated heterocycles. The van der Waals surface area contributed by atoms with Gasteiger partial charge >= 0.3 is 0 Å². The lowest BCUT2D eigenvalue weighted by Crippen LogP contribution is -2.15. The van der Waals surface area contributed by atoms with Crippen LogP contribution in [0.15, 0.2) is 24.3 Å². The zero-order valence-corrected chi connectivity index (χ0v) is 10.8. The average Bonchev–Trinajstić information content (AvgIpc) is 2.28. The van der Waals surface area contributed by atoms with Gasteiger partial charge in [-0.1, -0.05) is 37.6 Å². The van der Waals surface area contributed by atoms with Gasteiger partial charge in [-0.2, -0.15) is 0 Å². The molecule has 0 heterocycles. The summed E-state index contributed by atoms with van der Waals surface area (Å²) in [6.45, 7) is 5.28. The van der Waals surface area contributed by atoms with E-state index in [1.54, 1.807) is 13.8 Å². The van der Waals surface area contributed by atoms with Gasteiger partial charge in [0.05, 0.1) is 0 Å². The molecule has 0 aliphatic heterocycles. The number of carbonyl (C=O) groups excluding carboxylic acids is 2. The quantitative estimate of drug-likeness (QED) is 0.704. The van der Waals surface area contributed by atoms with Gasteiger partial charge in [0.1, 0.15) is 5.78 Å². The van der Waals surface area contributed by atoms with Crippen molar-refractivity contribution in [3.63, 3.8) is 0 Å². The lowest BCUT2D eigenvalue weighted by Gasteiger charge is -2.14. The highest BCUT2D eigenvalue weighted by Gasteiger charge is 2.16. The van der Waals surface area contributed by atoms with Crippen molar-refractivity contribution in [1.82, 2.24) is 0 Å². The second-order valence-corrected chi connectivity index (χ2v) is 4.51. The molecule has 1 rings (SSSR count). The summed E-state index contributed by atoms with van der Waals surface area (Å²) in [6.07, 6.45) is 2.56. The van der Waals surface area contributed by atoms with Crippen molar-refractivity contribution in [3.05, 3.63) is 35.4 Å². The van der Waals surface area contributed by atoms with Crippen LogP contribution in [0, 0.1) is 5.92 Å². The fourth-order valence-electron chi connectivity index (χ4n) is 2.10. The molecule has 0 aliphatic carbocycles. The van der Waals surface area contributed by atoms with Crippen molar-refractivity contribution in [2.24, 2.45) is 5.92 Å². The largest absolute Gasteiger partial charge is 0.300 e. The van der Waals surface area contributed by atoms with Gasteiger partial charge in [0.15, 0.2) is 5.78 Å². The first-order chi connectivity index (χ1) is 8.06. The van der Waals surface area contributed by atoms with Gasteiger partial charge in [0, 0.05) is 11.5 Å². The van der Waals surface area contributed by atoms with Gasteiger partial charge in [0.25, 0.3) is 0 Å². The van der Waals surface area contributed by atoms with E-state index in [9.17, 15) is 9.59 Å². The molecule has 0 fully saturated rings. The number of Topliss-reactive ketones (excluding diaryl/α,β-unsaturated/α-hetero) is 2. The Labute approximate surface area is 103 Å². The number of carbonyl (C=O) groups is 2. The first-order valence-electron chi connectivity index (χ1n) is 6.15. The van der Waals surface area contributed by atoms with Crippen LogP contribution in [0.1, 0.15) is 49.5 Å². The third-order valence-corrected chi connectivity index (χ3v) is 3.08. The monoisotopic (exact) mass is 232 g/mol. The second-order valence-electron chi connectivity index (χ2n) is 4.51. The van der Waals surface area contributed by atoms with E-state index < -0.39 is 0 Å². The molecule has 0 amide bonds. The van der Waals surface area contributed by atoms with Crippen LogP contribution in [0.5, 0.6) is 0 Å². The van der Waals surface area contributed by atoms with Gasteiger partial charge in [0.2, 0.25) is 0 Å². The van der Waals surface area contributed by atoms with E-state index in [2.05, 4.69) is 6.92 Å². The maximum Gasteiger partial charge on any atom is 0.160 e. The van der Waals surface area contributed by atoms with Crippen LogP contribution in [0.25, 0.3) is 0 Å². The van der Waals surface area contributed by atoms with Gasteiger partial charge in [-0.15, -0.1) is 0 Å². The smallest absolute Gasteiger partial charge is 0.160 e. The van der Waals surface area contributed by atoms with Crippen molar-refractivity contribution in [2.75, 3.05) is 0 Å². The van der Waals surface area contributed by atoms with Crippen molar-refractivity contribution >= 4 is 11.6 Å². The molecule has 2 heteroatoms. The van der Waals surface area contributed by atoms with Gasteiger partial charge in [-0.05, 0) is 32.3 Å². The van der Waals surface area contributed by atoms with Gasteiger partial charge in [-0.25, -0.2) is 0 Å². The molecule has 0 radical (unpaired) electrons. The maximum absolute atomic E-state index is 11.5. The Kier molecular flexibility index (Phi) is 5.08. The highest BCUT2D eigenvalue weighted by atomic mass is 16.1. The Hall–Kier alpha value is -1.44. The predicted molar refractivity (Wildman–Crippen MR) is 69.2 cm³/mol. The highest BCUT2D eigenvalue weighted by molar-refractivity contribution is 5.95. The van der Waals surface area contributed by atoms with Crippen LogP contribution in [0.3, 0.4) is 0 Å². The Morgan fingerprint density at radius 2 is 1.82 bits per heavy atom. The molecular weight excluding hydrogens is 212 g/mol. The maximum atomic E-state index is 11.5. The van der Waals surface area contributed by atoms with E-state index in [-0.39, 0.29) is 17.5 Å². The summed E-state index contributed by atoms with van der Waals surface area (Å²) in [4.78, 5) is 23.0. The first kappa shape index (κ1) is 13.6. The minimum Gasteiger partial charge on any atom is -0.300 e. The Morgan fingerprint density at radius 1 is 1.18 bits per heavy atom. The lowest BCUT2D eigenvalue weighted by molar-refractivity contribution is -0.120. The molecule has 0 aliphatic rings. The zero-order valence-electron chi connectivity index (χ0n) is 10.8. The zero-order chi connectivity index (χ0) is 12.8. The molecular formula is C15H20O2. The SMILES string of the molecule is CCCC(Cc1ccccc1C(C)=O)C(C)=O. The number of hydrogen-bond acceptors (Lipinski definition) is 2. The summed E-state index contributed by atoms with van der Waals surface area (Å²) >= 11 is 0. The number of rotatable bonds is 6. The third-order valence-electron chi connectivity index (χ3n) is 3.08. The molecule has 1 aromatic rings. The summed E-state index contributed by atoms with van der Waals surface area (Å²) in [5, 5.41) is 0. The van der Waals surface area contributed by atoms with Crippen LogP contribution < -0.4 is 0 Å². The summed E-state index contributed by atoms with van der Waals surface area (Å²) in [7, 11) is 0. The van der Waals surface area contributed by atoms with Crippen LogP contribution in [0.2, 0.25) is 0 Å². The van der Waals surface area contributed by atoms with E-state index in [0.29, 0.717) is 6.42 Å². The van der Waals surface area contributed by atoms with E-state index in [1.807, 2.05) is 24.3 Å². The normalized spacial score (nSPS) is 12.2. The minimum atomic E-state index is 0.0421. The minimum absolute atomic E-state index is 0.0421. The summed E-state index contributed by atoms with van der Waals surface area (Å²) in [5.41, 5.74) is 1.74. The van der Waals surface area contributed by atoms with Crippen LogP contribution in [-0.4, -0.2) is 11.6 Å². The molecule has 0 N–H and O–H groups in total. The molecule has 2 nitrogen and oxygen atoms in total. The molecule has 17 heavy (non-hydrogen) atoms. The molecule has 0 aromatic heterocycles. The van der Waals surface area contributed by atoms with Crippen molar-refractivity contribution in [3.8, 4) is 0 Å². The fourth-order valence-corrected chi connectivity index (χ4v) is 2.10. The van der Waals surface area contributed by atoms with Crippen molar-refractivity contribution < 1.29 is 9.59 Å². The molecule has 1 unspecified atom stereocenters. The third kappa shape index (κ3) is 3.81. The standard InChI is InChI=1S/C15H20O2/c1-4-7-13(11(2)16)10-14-8-5-6-9-15(14)12(3)17/h5-6,8-9,13H,4,7,10H2,1-3H3. The number of hydrogen-bond donors (Lipinski definition) is 0. The highest BCUT2D eigenvalue weighted by Crippen LogP contribution is 2.19. The molecule has 0 spiro atoms. The Balaban J connectivity index is 2.92. The Morgan fingerprint density at radius 3 is 2.35 bits per heavy atom. The van der Waals surface area contributed by atoms with Crippen LogP contribution >= 0.6 is 0 Å². The van der Waals surface area contributed by atoms with E-state index >= 15 is 0 Å². The number of benzene rings is 1. The first-order valence-corrected chi connectivity index (χ1v) is 6.15. The second kappa shape index (κ2) is 6.33. The topological polar surface area (TPSA) is 34.1 Å². The predicted octanol–water partition coefficient (Wildman–Crippen LogP) is 3.44. The van der Waals surface area contributed by atoms with E-state index in [4.69, 9.17) is 0 Å². The van der Waals surface area contributed by atoms with Crippen molar-refractivity contribution in [1.29, 1.82) is 0 Å². The molecule has 1 atom stereocenters. The summed E-state index contributed by atoms with van der Waals surface area (Å²) < 4.78 is 0. The summed E-state index contributed by atoms with van der Waals surface area (Å²) in [6, 6.07) is 7.57. The van der Waals surface area contributed by atoms with E-state index in [0.717, 1.165) is 24.0 Å². The molecule has 1 aromatic carbocycles. The molecule has 92 valence electrons. The van der Waals surface area contributed by atoms with Crippen LogP contribution in [-0.2, 0) is 11.2 Å². The number of ketones is 2. The van der Waals surface area contributed by atoms with Crippen LogP contribution in [0.4, 0.5) is 0 Å². The Bertz CT molecular complexity index is 407. The lowest BCUT2D eigenvalue weighted by atomic mass is 9.89. The van der Waals surface area contributed by atoms with Gasteiger partial charge in [-0.3, -0.25) is 9.59 Å². The van der Waals surface area contributed by atoms with Crippen molar-refractivity contribution in [2.45, 2.75) is 40.0 Å². The fraction of sp³-hybridized carbons (Fsp3) is 0.467. The average molecular weight is 232 g/mol. The van der Waals surface area contributed by atoms with Gasteiger partial charge < -0.3 is 0 Å².